The van der Waals surface area contributed by atoms with Gasteiger partial charge in [0, 0.05) is 10.8 Å². The van der Waals surface area contributed by atoms with Gasteiger partial charge < -0.3 is 5.11 Å². The molecule has 0 spiro atoms. The van der Waals surface area contributed by atoms with Crippen LogP contribution in [0.15, 0.2) is 70.5 Å². The second-order valence-electron chi connectivity index (χ2n) is 5.23. The first-order valence-corrected chi connectivity index (χ1v) is 9.92. The van der Waals surface area contributed by atoms with Gasteiger partial charge in [-0.3, -0.25) is 9.27 Å². The molecule has 0 amide bonds. The summed E-state index contributed by atoms with van der Waals surface area (Å²) in [6.07, 6.45) is 0. The van der Waals surface area contributed by atoms with Gasteiger partial charge in [-0.05, 0) is 30.3 Å². The summed E-state index contributed by atoms with van der Waals surface area (Å²) < 4.78 is 58.9. The minimum absolute atomic E-state index is 0. The average molecular weight is 419 g/mol. The molecule has 0 aliphatic carbocycles. The summed E-state index contributed by atoms with van der Waals surface area (Å²) in [4.78, 5) is -0.842. The Balaban J connectivity index is 0.00000243. The zero-order chi connectivity index (χ0) is 18.2. The Kier molecular flexibility index (Phi) is 6.51. The fourth-order valence-corrected chi connectivity index (χ4v) is 4.11. The van der Waals surface area contributed by atoms with Gasteiger partial charge in [0.2, 0.25) is 0 Å². The zero-order valence-corrected chi connectivity index (χ0v) is 18.4. The molecule has 3 aromatic carbocycles. The summed E-state index contributed by atoms with van der Waals surface area (Å²) in [5.41, 5.74) is 0.227. The minimum Gasteiger partial charge on any atom is -0.507 e. The second kappa shape index (κ2) is 7.95. The molecule has 10 heteroatoms. The van der Waals surface area contributed by atoms with E-state index in [1.807, 2.05) is 0 Å². The summed E-state index contributed by atoms with van der Waals surface area (Å²) in [6.45, 7) is 0. The van der Waals surface area contributed by atoms with Crippen LogP contribution in [0.3, 0.4) is 0 Å². The minimum atomic E-state index is -4.52. The van der Waals surface area contributed by atoms with Gasteiger partial charge in [-0.2, -0.15) is 8.42 Å². The predicted molar refractivity (Wildman–Crippen MR) is 92.7 cm³/mol. The van der Waals surface area contributed by atoms with Crippen LogP contribution in [0.2, 0.25) is 0 Å². The van der Waals surface area contributed by atoms with Gasteiger partial charge in [-0.1, -0.05) is 30.3 Å². The number of hydrogen-bond acceptors (Lipinski definition) is 5. The van der Waals surface area contributed by atoms with E-state index in [1.54, 1.807) is 24.3 Å². The number of hydrogen-bond donors (Lipinski definition) is 3. The molecule has 0 saturated carbocycles. The van der Waals surface area contributed by atoms with E-state index < -0.39 is 25.0 Å². The van der Waals surface area contributed by atoms with Gasteiger partial charge in [0.1, 0.15) is 5.75 Å². The van der Waals surface area contributed by atoms with Crippen molar-refractivity contribution >= 4 is 36.6 Å². The van der Waals surface area contributed by atoms with Gasteiger partial charge in [0.15, 0.2) is 0 Å². The number of fused-ring (bicyclic) bond motifs is 1. The van der Waals surface area contributed by atoms with Crippen LogP contribution in [0.25, 0.3) is 10.8 Å². The molecular weight excluding hydrogens is 405 g/mol. The quantitative estimate of drug-likeness (QED) is 0.392. The van der Waals surface area contributed by atoms with Crippen molar-refractivity contribution in [2.75, 3.05) is 4.72 Å². The molecule has 0 fully saturated rings. The molecule has 3 N–H and O–H groups in total. The van der Waals surface area contributed by atoms with Gasteiger partial charge in [-0.15, -0.1) is 0 Å². The van der Waals surface area contributed by atoms with Crippen molar-refractivity contribution in [1.29, 1.82) is 0 Å². The van der Waals surface area contributed by atoms with Crippen LogP contribution in [-0.4, -0.2) is 26.5 Å². The van der Waals surface area contributed by atoms with Crippen LogP contribution in [0.5, 0.6) is 5.75 Å². The maximum Gasteiger partial charge on any atom is 1.00 e. The third kappa shape index (κ3) is 4.46. The van der Waals surface area contributed by atoms with E-state index in [1.165, 1.54) is 24.3 Å². The van der Waals surface area contributed by atoms with Crippen LogP contribution in [0, 0.1) is 0 Å². The number of benzene rings is 3. The maximum absolute atomic E-state index is 12.6. The number of nitrogens with one attached hydrogen (secondary N) is 1. The van der Waals surface area contributed by atoms with Crippen molar-refractivity contribution in [3.63, 3.8) is 0 Å². The Morgan fingerprint density at radius 2 is 1.35 bits per heavy atom. The SMILES string of the molecule is O=S(=O)(O)c1cccc(S(=O)(=O)Nc2cccc3c(O)cccc23)c1.[K+]. The first-order valence-electron chi connectivity index (χ1n) is 6.99. The van der Waals surface area contributed by atoms with E-state index in [0.29, 0.717) is 10.8 Å². The molecule has 0 radical (unpaired) electrons. The summed E-state index contributed by atoms with van der Waals surface area (Å²) >= 11 is 0. The van der Waals surface area contributed by atoms with Crippen molar-refractivity contribution < 1.29 is 77.9 Å². The summed E-state index contributed by atoms with van der Waals surface area (Å²) in [6, 6.07) is 13.8. The van der Waals surface area contributed by atoms with Crippen LogP contribution >= 0.6 is 0 Å². The molecule has 0 atom stereocenters. The number of sulfonamides is 1. The van der Waals surface area contributed by atoms with Crippen LogP contribution < -0.4 is 56.1 Å². The monoisotopic (exact) mass is 418 g/mol. The molecule has 0 bridgehead atoms. The Morgan fingerprint density at radius 1 is 0.769 bits per heavy atom. The van der Waals surface area contributed by atoms with E-state index in [9.17, 15) is 21.9 Å². The third-order valence-electron chi connectivity index (χ3n) is 3.56. The summed E-state index contributed by atoms with van der Waals surface area (Å²) in [5, 5.41) is 10.8. The first-order chi connectivity index (χ1) is 11.7. The molecule has 0 aliphatic rings. The van der Waals surface area contributed by atoms with E-state index in [-0.39, 0.29) is 67.7 Å². The predicted octanol–water partition coefficient (Wildman–Crippen LogP) is -0.403. The smallest absolute Gasteiger partial charge is 0.507 e. The second-order valence-corrected chi connectivity index (χ2v) is 8.34. The zero-order valence-electron chi connectivity index (χ0n) is 13.6. The number of anilines is 1. The van der Waals surface area contributed by atoms with Crippen molar-refractivity contribution in [3.8, 4) is 5.75 Å². The van der Waals surface area contributed by atoms with Crippen LogP contribution in [-0.2, 0) is 20.1 Å². The molecule has 3 rings (SSSR count). The Labute approximate surface area is 193 Å². The Bertz CT molecular complexity index is 1180. The van der Waals surface area contributed by atoms with Crippen molar-refractivity contribution in [1.82, 2.24) is 0 Å². The molecular formula is C16H13KNO6S2+. The number of rotatable bonds is 4. The standard InChI is InChI=1S/C16H13NO6S2.K/c18-16-9-3-6-13-14(16)7-2-8-15(13)17-24(19,20)11-4-1-5-12(10-11)25(21,22)23;/h1-10,17-18H,(H,21,22,23);/q;+1. The van der Waals surface area contributed by atoms with Crippen LogP contribution in [0.1, 0.15) is 0 Å². The topological polar surface area (TPSA) is 121 Å². The summed E-state index contributed by atoms with van der Waals surface area (Å²) in [5.74, 6) is 0.00641. The fraction of sp³-hybridized carbons (Fsp3) is 0. The van der Waals surface area contributed by atoms with E-state index >= 15 is 0 Å². The molecule has 0 aliphatic heterocycles. The normalized spacial score (nSPS) is 11.7. The van der Waals surface area contributed by atoms with Crippen molar-refractivity contribution in [2.24, 2.45) is 0 Å². The van der Waals surface area contributed by atoms with Crippen LogP contribution in [0.4, 0.5) is 5.69 Å². The molecule has 0 saturated heterocycles. The first kappa shape index (κ1) is 21.3. The Hall–Kier alpha value is -0.984. The number of phenolic OH excluding ortho intramolecular Hbond substituents is 1. The number of phenols is 1. The van der Waals surface area contributed by atoms with Crippen molar-refractivity contribution in [3.05, 3.63) is 60.7 Å². The molecule has 26 heavy (non-hydrogen) atoms. The molecule has 0 heterocycles. The molecule has 7 nitrogen and oxygen atoms in total. The van der Waals surface area contributed by atoms with Crippen molar-refractivity contribution in [2.45, 2.75) is 9.79 Å². The fourth-order valence-electron chi connectivity index (χ4n) is 2.39. The van der Waals surface area contributed by atoms with Gasteiger partial charge in [-0.25, -0.2) is 8.42 Å². The Morgan fingerprint density at radius 3 is 2.04 bits per heavy atom. The van der Waals surface area contributed by atoms with Gasteiger partial charge in [0.05, 0.1) is 15.5 Å². The van der Waals surface area contributed by atoms with E-state index in [2.05, 4.69) is 4.72 Å². The van der Waals surface area contributed by atoms with E-state index in [0.717, 1.165) is 12.1 Å². The number of aromatic hydroxyl groups is 1. The maximum atomic E-state index is 12.6. The largest absolute Gasteiger partial charge is 1.00 e. The van der Waals surface area contributed by atoms with Gasteiger partial charge >= 0.3 is 51.4 Å². The molecule has 0 unspecified atom stereocenters. The third-order valence-corrected chi connectivity index (χ3v) is 5.77. The average Bonchev–Trinajstić information content (AvgIpc) is 2.55. The van der Waals surface area contributed by atoms with Gasteiger partial charge in [0.25, 0.3) is 20.1 Å². The van der Waals surface area contributed by atoms with E-state index in [4.69, 9.17) is 4.55 Å². The molecule has 3 aromatic rings. The molecule has 0 aromatic heterocycles. The summed E-state index contributed by atoms with van der Waals surface area (Å²) in [7, 11) is -8.63. The molecule has 130 valence electrons.